The lowest BCUT2D eigenvalue weighted by atomic mass is 10.4. The molecule has 2 aromatic rings. The molecule has 0 bridgehead atoms. The van der Waals surface area contributed by atoms with Crippen LogP contribution in [0.4, 0.5) is 10.8 Å². The van der Waals surface area contributed by atoms with Crippen molar-refractivity contribution in [2.75, 3.05) is 11.9 Å². The molecule has 0 unspecified atom stereocenters. The molecule has 2 rings (SSSR count). The van der Waals surface area contributed by atoms with Crippen LogP contribution < -0.4 is 5.32 Å². The number of anilines is 1. The highest BCUT2D eigenvalue weighted by Gasteiger charge is 2.14. The summed E-state index contributed by atoms with van der Waals surface area (Å²) in [7, 11) is 0. The zero-order valence-corrected chi connectivity index (χ0v) is 9.85. The Kier molecular flexibility index (Phi) is 3.28. The average molecular weight is 254 g/mol. The summed E-state index contributed by atoms with van der Waals surface area (Å²) >= 11 is 1.26. The van der Waals surface area contributed by atoms with E-state index in [0.29, 0.717) is 6.54 Å². The number of hydrogen-bond donors (Lipinski definition) is 1. The third-order valence-corrected chi connectivity index (χ3v) is 2.74. The zero-order chi connectivity index (χ0) is 12.3. The van der Waals surface area contributed by atoms with Crippen LogP contribution in [0.1, 0.15) is 12.6 Å². The van der Waals surface area contributed by atoms with Crippen molar-refractivity contribution < 1.29 is 4.92 Å². The maximum Gasteiger partial charge on any atom is 0.389 e. The van der Waals surface area contributed by atoms with E-state index in [1.165, 1.54) is 22.3 Å². The summed E-state index contributed by atoms with van der Waals surface area (Å²) in [5.41, 5.74) is 0.731. The van der Waals surface area contributed by atoms with E-state index in [1.807, 2.05) is 6.92 Å². The Morgan fingerprint density at radius 3 is 3.12 bits per heavy atom. The van der Waals surface area contributed by atoms with Crippen molar-refractivity contribution in [3.8, 4) is 0 Å². The standard InChI is InChI=1S/C8H10N6O2S/c1-2-9-8-6(10-12-17-8)5-13-4-3-7(11-13)14(15)16/h3-4,9H,2,5H2,1H3. The van der Waals surface area contributed by atoms with Gasteiger partial charge in [-0.25, -0.2) is 0 Å². The van der Waals surface area contributed by atoms with Gasteiger partial charge in [-0.15, -0.1) is 5.10 Å². The fourth-order valence-electron chi connectivity index (χ4n) is 1.30. The van der Waals surface area contributed by atoms with Crippen LogP contribution in [0.25, 0.3) is 0 Å². The predicted octanol–water partition coefficient (Wildman–Crippen LogP) is 1.12. The molecule has 2 aromatic heterocycles. The summed E-state index contributed by atoms with van der Waals surface area (Å²) in [5.74, 6) is -0.168. The Bertz CT molecular complexity index is 522. The Hall–Kier alpha value is -2.03. The molecular weight excluding hydrogens is 244 g/mol. The summed E-state index contributed by atoms with van der Waals surface area (Å²) in [6.45, 7) is 3.12. The van der Waals surface area contributed by atoms with Crippen molar-refractivity contribution in [2.45, 2.75) is 13.5 Å². The highest BCUT2D eigenvalue weighted by Crippen LogP contribution is 2.18. The average Bonchev–Trinajstić information content (AvgIpc) is 2.90. The third kappa shape index (κ3) is 2.56. The maximum absolute atomic E-state index is 10.5. The van der Waals surface area contributed by atoms with Crippen molar-refractivity contribution in [3.05, 3.63) is 28.1 Å². The molecule has 0 aliphatic heterocycles. The van der Waals surface area contributed by atoms with E-state index in [-0.39, 0.29) is 5.82 Å². The number of nitro groups is 1. The molecule has 2 heterocycles. The minimum Gasteiger partial charge on any atom is -0.374 e. The van der Waals surface area contributed by atoms with E-state index in [2.05, 4.69) is 20.0 Å². The summed E-state index contributed by atoms with van der Waals surface area (Å²) < 4.78 is 5.30. The summed E-state index contributed by atoms with van der Waals surface area (Å²) in [6, 6.07) is 1.35. The van der Waals surface area contributed by atoms with E-state index in [1.54, 1.807) is 6.20 Å². The minimum absolute atomic E-state index is 0.168. The summed E-state index contributed by atoms with van der Waals surface area (Å²) in [5, 5.41) is 22.2. The van der Waals surface area contributed by atoms with Gasteiger partial charge in [0.15, 0.2) is 0 Å². The fourth-order valence-corrected chi connectivity index (χ4v) is 1.94. The lowest BCUT2D eigenvalue weighted by Crippen LogP contribution is -2.05. The zero-order valence-electron chi connectivity index (χ0n) is 9.03. The molecular formula is C8H10N6O2S. The van der Waals surface area contributed by atoms with Crippen LogP contribution >= 0.6 is 11.5 Å². The molecule has 1 N–H and O–H groups in total. The molecule has 8 nitrogen and oxygen atoms in total. The van der Waals surface area contributed by atoms with Gasteiger partial charge in [-0.3, -0.25) is 0 Å². The Morgan fingerprint density at radius 2 is 2.47 bits per heavy atom. The van der Waals surface area contributed by atoms with Crippen LogP contribution in [0, 0.1) is 10.1 Å². The van der Waals surface area contributed by atoms with Gasteiger partial charge in [0.25, 0.3) is 0 Å². The van der Waals surface area contributed by atoms with Gasteiger partial charge in [-0.1, -0.05) is 4.49 Å². The van der Waals surface area contributed by atoms with Crippen LogP contribution in [0.2, 0.25) is 0 Å². The molecule has 17 heavy (non-hydrogen) atoms. The number of hydrogen-bond acceptors (Lipinski definition) is 7. The summed E-state index contributed by atoms with van der Waals surface area (Å²) in [6.07, 6.45) is 1.55. The number of nitrogens with one attached hydrogen (secondary N) is 1. The molecule has 0 aliphatic carbocycles. The van der Waals surface area contributed by atoms with Gasteiger partial charge in [0.05, 0.1) is 17.4 Å². The lowest BCUT2D eigenvalue weighted by Gasteiger charge is -1.99. The molecule has 0 spiro atoms. The number of rotatable bonds is 5. The van der Waals surface area contributed by atoms with E-state index in [9.17, 15) is 10.1 Å². The maximum atomic E-state index is 10.5. The Morgan fingerprint density at radius 1 is 1.65 bits per heavy atom. The van der Waals surface area contributed by atoms with Crippen molar-refractivity contribution in [2.24, 2.45) is 0 Å². The normalized spacial score (nSPS) is 10.4. The fraction of sp³-hybridized carbons (Fsp3) is 0.375. The topological polar surface area (TPSA) is 98.8 Å². The number of aromatic nitrogens is 4. The van der Waals surface area contributed by atoms with Gasteiger partial charge < -0.3 is 15.4 Å². The van der Waals surface area contributed by atoms with E-state index >= 15 is 0 Å². The van der Waals surface area contributed by atoms with Gasteiger partial charge in [0.2, 0.25) is 0 Å². The van der Waals surface area contributed by atoms with Gasteiger partial charge >= 0.3 is 5.82 Å². The lowest BCUT2D eigenvalue weighted by molar-refractivity contribution is -0.389. The van der Waals surface area contributed by atoms with Crippen LogP contribution in [-0.2, 0) is 6.54 Å². The smallest absolute Gasteiger partial charge is 0.374 e. The van der Waals surface area contributed by atoms with Crippen molar-refractivity contribution in [1.82, 2.24) is 19.4 Å². The molecule has 9 heteroatoms. The van der Waals surface area contributed by atoms with Crippen LogP contribution in [0.3, 0.4) is 0 Å². The molecule has 0 aromatic carbocycles. The van der Waals surface area contributed by atoms with E-state index in [0.717, 1.165) is 17.2 Å². The second kappa shape index (κ2) is 4.87. The minimum atomic E-state index is -0.527. The second-order valence-electron chi connectivity index (χ2n) is 3.21. The first-order valence-electron chi connectivity index (χ1n) is 4.93. The molecule has 0 saturated heterocycles. The van der Waals surface area contributed by atoms with Gasteiger partial charge in [-0.2, -0.15) is 4.68 Å². The van der Waals surface area contributed by atoms with Crippen molar-refractivity contribution in [1.29, 1.82) is 0 Å². The predicted molar refractivity (Wildman–Crippen MR) is 62.1 cm³/mol. The quantitative estimate of drug-likeness (QED) is 0.634. The van der Waals surface area contributed by atoms with Crippen LogP contribution in [-0.4, -0.2) is 30.8 Å². The molecule has 0 fully saturated rings. The first-order valence-corrected chi connectivity index (χ1v) is 5.71. The van der Waals surface area contributed by atoms with Crippen LogP contribution in [0.5, 0.6) is 0 Å². The summed E-state index contributed by atoms with van der Waals surface area (Å²) in [4.78, 5) is 9.95. The van der Waals surface area contributed by atoms with E-state index in [4.69, 9.17) is 0 Å². The molecule has 0 atom stereocenters. The molecule has 0 aliphatic rings. The van der Waals surface area contributed by atoms with Gasteiger partial charge in [-0.05, 0) is 11.8 Å². The highest BCUT2D eigenvalue weighted by atomic mass is 32.1. The van der Waals surface area contributed by atoms with Gasteiger partial charge in [0.1, 0.15) is 17.2 Å². The van der Waals surface area contributed by atoms with Crippen molar-refractivity contribution >= 4 is 22.4 Å². The first-order chi connectivity index (χ1) is 8.20. The molecule has 0 saturated carbocycles. The Labute approximate surface area is 101 Å². The van der Waals surface area contributed by atoms with Crippen LogP contribution in [0.15, 0.2) is 12.3 Å². The molecule has 0 radical (unpaired) electrons. The SMILES string of the molecule is CCNc1snnc1Cn1ccc([N+](=O)[O-])n1. The number of nitrogens with zero attached hydrogens (tertiary/aromatic N) is 5. The van der Waals surface area contributed by atoms with E-state index < -0.39 is 4.92 Å². The molecule has 0 amide bonds. The van der Waals surface area contributed by atoms with Gasteiger partial charge in [0, 0.05) is 18.1 Å². The highest BCUT2D eigenvalue weighted by molar-refractivity contribution is 7.10. The van der Waals surface area contributed by atoms with Crippen molar-refractivity contribution in [3.63, 3.8) is 0 Å². The largest absolute Gasteiger partial charge is 0.389 e. The Balaban J connectivity index is 2.13. The second-order valence-corrected chi connectivity index (χ2v) is 3.96. The third-order valence-electron chi connectivity index (χ3n) is 2.02. The first kappa shape index (κ1) is 11.5. The molecule has 90 valence electrons. The monoisotopic (exact) mass is 254 g/mol.